The summed E-state index contributed by atoms with van der Waals surface area (Å²) < 4.78 is 32.0. The highest BCUT2D eigenvalue weighted by atomic mass is 19.1. The van der Waals surface area contributed by atoms with Gasteiger partial charge in [-0.1, -0.05) is 0 Å². The van der Waals surface area contributed by atoms with E-state index in [1.807, 2.05) is 0 Å². The molecule has 0 saturated carbocycles. The molecule has 3 rings (SSSR count). The van der Waals surface area contributed by atoms with E-state index in [0.29, 0.717) is 37.6 Å². The van der Waals surface area contributed by atoms with Crippen molar-refractivity contribution >= 4 is 12.4 Å². The van der Waals surface area contributed by atoms with Gasteiger partial charge in [0.05, 0.1) is 18.0 Å². The summed E-state index contributed by atoms with van der Waals surface area (Å²) in [7, 11) is 0. The summed E-state index contributed by atoms with van der Waals surface area (Å²) in [6.45, 7) is 6.30. The SMILES string of the molecule is CCNC(=O)Oc1ccc(O[C@@H]2CCN([C@]3(F)C=C(OCC(C)(C)O)N=CN3)C2)cc1. The van der Waals surface area contributed by atoms with E-state index in [4.69, 9.17) is 14.2 Å². The Hall–Kier alpha value is -2.85. The molecule has 2 aliphatic rings. The third-order valence-corrected chi connectivity index (χ3v) is 4.61. The zero-order valence-corrected chi connectivity index (χ0v) is 17.9. The molecule has 1 fully saturated rings. The molecule has 0 unspecified atom stereocenters. The number of benzene rings is 1. The number of amides is 1. The van der Waals surface area contributed by atoms with Crippen LogP contribution in [-0.2, 0) is 4.74 Å². The third-order valence-electron chi connectivity index (χ3n) is 4.61. The van der Waals surface area contributed by atoms with Crippen LogP contribution in [0.1, 0.15) is 27.2 Å². The summed E-state index contributed by atoms with van der Waals surface area (Å²) in [6, 6.07) is 6.69. The number of ether oxygens (including phenoxy) is 3. The highest BCUT2D eigenvalue weighted by Gasteiger charge is 2.42. The van der Waals surface area contributed by atoms with E-state index in [1.165, 1.54) is 12.4 Å². The highest BCUT2D eigenvalue weighted by Crippen LogP contribution is 2.28. The van der Waals surface area contributed by atoms with Crippen LogP contribution in [0.4, 0.5) is 9.18 Å². The lowest BCUT2D eigenvalue weighted by Crippen LogP contribution is -2.54. The highest BCUT2D eigenvalue weighted by molar-refractivity contribution is 5.70. The fourth-order valence-corrected chi connectivity index (χ4v) is 3.13. The zero-order valence-electron chi connectivity index (χ0n) is 17.9. The number of rotatable bonds is 8. The van der Waals surface area contributed by atoms with Gasteiger partial charge in [0.2, 0.25) is 5.88 Å². The lowest BCUT2D eigenvalue weighted by Gasteiger charge is -2.34. The van der Waals surface area contributed by atoms with Gasteiger partial charge in [0.1, 0.15) is 24.2 Å². The first-order chi connectivity index (χ1) is 14.7. The average molecular weight is 436 g/mol. The Labute approximate surface area is 180 Å². The van der Waals surface area contributed by atoms with Gasteiger partial charge in [0.15, 0.2) is 0 Å². The first kappa shape index (κ1) is 22.8. The Morgan fingerprint density at radius 2 is 2.10 bits per heavy atom. The maximum atomic E-state index is 15.5. The minimum absolute atomic E-state index is 0.00218. The second-order valence-electron chi connectivity index (χ2n) is 8.03. The number of likely N-dealkylation sites (tertiary alicyclic amines) is 1. The molecule has 170 valence electrons. The summed E-state index contributed by atoms with van der Waals surface area (Å²) >= 11 is 0. The van der Waals surface area contributed by atoms with Gasteiger partial charge in [-0.2, -0.15) is 4.39 Å². The second-order valence-corrected chi connectivity index (χ2v) is 8.03. The van der Waals surface area contributed by atoms with E-state index in [-0.39, 0.29) is 18.6 Å². The van der Waals surface area contributed by atoms with Crippen LogP contribution in [0.25, 0.3) is 0 Å². The minimum atomic E-state index is -1.96. The van der Waals surface area contributed by atoms with E-state index in [1.54, 1.807) is 49.9 Å². The molecule has 0 aliphatic carbocycles. The van der Waals surface area contributed by atoms with Gasteiger partial charge in [-0.15, -0.1) is 0 Å². The van der Waals surface area contributed by atoms with E-state index >= 15 is 4.39 Å². The number of carbonyl (C=O) groups excluding carboxylic acids is 1. The number of nitrogens with one attached hydrogen (secondary N) is 2. The van der Waals surface area contributed by atoms with Crippen LogP contribution in [0, 0.1) is 0 Å². The van der Waals surface area contributed by atoms with E-state index in [2.05, 4.69) is 15.6 Å². The summed E-state index contributed by atoms with van der Waals surface area (Å²) in [6.07, 6.45) is 2.42. The molecule has 0 radical (unpaired) electrons. The van der Waals surface area contributed by atoms with Crippen molar-refractivity contribution in [2.75, 3.05) is 26.2 Å². The topological polar surface area (TPSA) is 105 Å². The molecule has 0 bridgehead atoms. The van der Waals surface area contributed by atoms with Crippen molar-refractivity contribution in [2.24, 2.45) is 4.99 Å². The molecule has 1 aromatic carbocycles. The second kappa shape index (κ2) is 9.52. The Morgan fingerprint density at radius 3 is 2.77 bits per heavy atom. The molecule has 1 aromatic rings. The lowest BCUT2D eigenvalue weighted by molar-refractivity contribution is -0.0153. The number of aliphatic imine (C=N–C) groups is 1. The van der Waals surface area contributed by atoms with Crippen molar-refractivity contribution in [3.8, 4) is 11.5 Å². The van der Waals surface area contributed by atoms with Crippen LogP contribution in [0.15, 0.2) is 41.2 Å². The minimum Gasteiger partial charge on any atom is -0.489 e. The number of nitrogens with zero attached hydrogens (tertiary/aromatic N) is 2. The molecule has 2 aliphatic heterocycles. The molecule has 31 heavy (non-hydrogen) atoms. The Kier molecular flexibility index (Phi) is 7.01. The summed E-state index contributed by atoms with van der Waals surface area (Å²) in [4.78, 5) is 17.0. The van der Waals surface area contributed by atoms with Crippen molar-refractivity contribution in [1.29, 1.82) is 0 Å². The van der Waals surface area contributed by atoms with Gasteiger partial charge in [-0.25, -0.2) is 14.7 Å². The molecule has 10 heteroatoms. The van der Waals surface area contributed by atoms with Crippen molar-refractivity contribution in [3.05, 3.63) is 36.2 Å². The smallest absolute Gasteiger partial charge is 0.412 e. The van der Waals surface area contributed by atoms with Crippen LogP contribution >= 0.6 is 0 Å². The molecule has 0 spiro atoms. The number of aliphatic hydroxyl groups is 1. The number of hydrogen-bond donors (Lipinski definition) is 3. The molecule has 2 heterocycles. The molecule has 0 aromatic heterocycles. The summed E-state index contributed by atoms with van der Waals surface area (Å²) in [5.74, 6) is -0.844. The van der Waals surface area contributed by atoms with E-state index < -0.39 is 17.6 Å². The molecular weight excluding hydrogens is 407 g/mol. The Morgan fingerprint density at radius 1 is 1.39 bits per heavy atom. The molecule has 9 nitrogen and oxygen atoms in total. The predicted molar refractivity (Wildman–Crippen MR) is 113 cm³/mol. The van der Waals surface area contributed by atoms with E-state index in [0.717, 1.165) is 0 Å². The molecule has 2 atom stereocenters. The van der Waals surface area contributed by atoms with Gasteiger partial charge >= 0.3 is 6.09 Å². The average Bonchev–Trinajstić information content (AvgIpc) is 3.17. The normalized spacial score (nSPS) is 23.6. The molecule has 3 N–H and O–H groups in total. The number of halogens is 1. The van der Waals surface area contributed by atoms with Crippen LogP contribution in [0.2, 0.25) is 0 Å². The number of carbonyl (C=O) groups is 1. The van der Waals surface area contributed by atoms with Crippen LogP contribution in [0.3, 0.4) is 0 Å². The van der Waals surface area contributed by atoms with Crippen molar-refractivity contribution in [2.45, 2.75) is 44.8 Å². The quantitative estimate of drug-likeness (QED) is 0.536. The van der Waals surface area contributed by atoms with Gasteiger partial charge in [0.25, 0.3) is 5.92 Å². The number of hydrogen-bond acceptors (Lipinski definition) is 8. The number of alkyl halides is 1. The lowest BCUT2D eigenvalue weighted by atomic mass is 10.2. The van der Waals surface area contributed by atoms with Crippen LogP contribution < -0.4 is 20.1 Å². The Bertz CT molecular complexity index is 824. The van der Waals surface area contributed by atoms with Crippen molar-refractivity contribution in [1.82, 2.24) is 15.5 Å². The van der Waals surface area contributed by atoms with Crippen LogP contribution in [-0.4, -0.2) is 66.3 Å². The maximum Gasteiger partial charge on any atom is 0.412 e. The van der Waals surface area contributed by atoms with Gasteiger partial charge in [-0.3, -0.25) is 0 Å². The first-order valence-electron chi connectivity index (χ1n) is 10.2. The van der Waals surface area contributed by atoms with Crippen LogP contribution in [0.5, 0.6) is 11.5 Å². The molecule has 1 amide bonds. The van der Waals surface area contributed by atoms with Gasteiger partial charge < -0.3 is 30.0 Å². The van der Waals surface area contributed by atoms with Gasteiger partial charge in [0, 0.05) is 19.6 Å². The predicted octanol–water partition coefficient (Wildman–Crippen LogP) is 2.13. The Balaban J connectivity index is 1.54. The monoisotopic (exact) mass is 436 g/mol. The fourth-order valence-electron chi connectivity index (χ4n) is 3.13. The van der Waals surface area contributed by atoms with E-state index in [9.17, 15) is 9.90 Å². The molecular formula is C21H29FN4O5. The van der Waals surface area contributed by atoms with Crippen molar-refractivity contribution < 1.29 is 28.5 Å². The summed E-state index contributed by atoms with van der Waals surface area (Å²) in [5, 5.41) is 15.0. The van der Waals surface area contributed by atoms with Gasteiger partial charge in [-0.05, 0) is 51.5 Å². The summed E-state index contributed by atoms with van der Waals surface area (Å²) in [5.41, 5.74) is -1.05. The standard InChI is InChI=1S/C21H29FN4O5/c1-4-23-19(27)31-16-7-5-15(6-8-16)30-17-9-10-26(12-17)21(22)11-18(24-14-25-21)29-13-20(2,3)28/h5-8,11,14,17,28H,4,9-10,12-13H2,1-3H3,(H,23,27)(H,24,25)/t17-,21+/m1/s1. The largest absolute Gasteiger partial charge is 0.489 e. The molecule has 1 saturated heterocycles. The zero-order chi connectivity index (χ0) is 22.5. The maximum absolute atomic E-state index is 15.5. The van der Waals surface area contributed by atoms with Crippen molar-refractivity contribution in [3.63, 3.8) is 0 Å². The fraction of sp³-hybridized carbons (Fsp3) is 0.524. The third kappa shape index (κ3) is 6.56. The first-order valence-corrected chi connectivity index (χ1v) is 10.2.